The molecule has 0 saturated heterocycles. The summed E-state index contributed by atoms with van der Waals surface area (Å²) in [5.41, 5.74) is 2.32. The third kappa shape index (κ3) is 3.63. The van der Waals surface area contributed by atoms with Crippen LogP contribution in [0.5, 0.6) is 0 Å². The highest BCUT2D eigenvalue weighted by Crippen LogP contribution is 2.23. The zero-order chi connectivity index (χ0) is 15.4. The van der Waals surface area contributed by atoms with Crippen LogP contribution in [-0.4, -0.2) is 20.9 Å². The van der Waals surface area contributed by atoms with E-state index in [0.717, 1.165) is 22.1 Å². The van der Waals surface area contributed by atoms with E-state index in [1.54, 1.807) is 23.6 Å². The molecule has 0 saturated carbocycles. The summed E-state index contributed by atoms with van der Waals surface area (Å²) in [6.45, 7) is 1.93. The van der Waals surface area contributed by atoms with Gasteiger partial charge in [-0.2, -0.15) is 0 Å². The highest BCUT2D eigenvalue weighted by molar-refractivity contribution is 7.14. The first-order valence-electron chi connectivity index (χ1n) is 6.49. The molecule has 110 valence electrons. The number of hydrogen-bond donors (Lipinski definition) is 1. The van der Waals surface area contributed by atoms with Gasteiger partial charge < -0.3 is 0 Å². The molecule has 22 heavy (non-hydrogen) atoms. The third-order valence-corrected chi connectivity index (χ3v) is 4.25. The third-order valence-electron chi connectivity index (χ3n) is 2.70. The second-order valence-electron chi connectivity index (χ2n) is 4.37. The average Bonchev–Trinajstić information content (AvgIpc) is 3.15. The molecule has 0 aromatic carbocycles. The average molecular weight is 328 g/mol. The Bertz CT molecular complexity index is 808. The lowest BCUT2D eigenvalue weighted by Crippen LogP contribution is -2.07. The number of carbonyl (C=O) groups is 1. The number of amides is 1. The predicted octanol–water partition coefficient (Wildman–Crippen LogP) is 3.62. The normalized spacial score (nSPS) is 11.0. The van der Waals surface area contributed by atoms with E-state index in [9.17, 15) is 4.79 Å². The second kappa shape index (κ2) is 6.59. The molecular formula is C15H12N4OS2. The van der Waals surface area contributed by atoms with Gasteiger partial charge in [0.05, 0.1) is 16.4 Å². The van der Waals surface area contributed by atoms with Gasteiger partial charge in [0, 0.05) is 23.0 Å². The van der Waals surface area contributed by atoms with Crippen LogP contribution in [-0.2, 0) is 4.79 Å². The van der Waals surface area contributed by atoms with Crippen LogP contribution in [0, 0.1) is 6.92 Å². The Labute approximate surface area is 135 Å². The number of anilines is 1. The van der Waals surface area contributed by atoms with Gasteiger partial charge in [0.25, 0.3) is 0 Å². The molecule has 3 aromatic heterocycles. The van der Waals surface area contributed by atoms with Gasteiger partial charge in [-0.3, -0.25) is 15.1 Å². The smallest absolute Gasteiger partial charge is 0.250 e. The number of nitrogens with one attached hydrogen (secondary N) is 1. The number of thiazole rings is 2. The Balaban J connectivity index is 1.65. The molecule has 0 aliphatic rings. The Morgan fingerprint density at radius 2 is 2.09 bits per heavy atom. The lowest BCUT2D eigenvalue weighted by atomic mass is 10.3. The van der Waals surface area contributed by atoms with Crippen LogP contribution in [0.15, 0.2) is 41.2 Å². The van der Waals surface area contributed by atoms with E-state index in [4.69, 9.17) is 0 Å². The second-order valence-corrected chi connectivity index (χ2v) is 6.29. The summed E-state index contributed by atoms with van der Waals surface area (Å²) in [5.74, 6) is -0.229. The van der Waals surface area contributed by atoms with Gasteiger partial charge in [0.15, 0.2) is 5.13 Å². The molecule has 0 unspecified atom stereocenters. The quantitative estimate of drug-likeness (QED) is 0.743. The SMILES string of the molecule is Cc1nc(/C=C/C(=O)Nc2nc(-c3ccccn3)cs2)cs1. The van der Waals surface area contributed by atoms with Crippen molar-refractivity contribution >= 4 is 39.8 Å². The number of nitrogens with zero attached hydrogens (tertiary/aromatic N) is 3. The van der Waals surface area contributed by atoms with Crippen LogP contribution in [0.25, 0.3) is 17.5 Å². The monoisotopic (exact) mass is 328 g/mol. The first-order valence-corrected chi connectivity index (χ1v) is 8.25. The van der Waals surface area contributed by atoms with Crippen molar-refractivity contribution in [1.29, 1.82) is 0 Å². The minimum Gasteiger partial charge on any atom is -0.298 e. The van der Waals surface area contributed by atoms with Crippen LogP contribution < -0.4 is 5.32 Å². The number of rotatable bonds is 4. The van der Waals surface area contributed by atoms with Crippen molar-refractivity contribution < 1.29 is 4.79 Å². The first kappa shape index (κ1) is 14.6. The molecule has 0 spiro atoms. The van der Waals surface area contributed by atoms with Gasteiger partial charge in [-0.15, -0.1) is 22.7 Å². The summed E-state index contributed by atoms with van der Waals surface area (Å²) in [4.78, 5) is 24.7. The molecule has 0 radical (unpaired) electrons. The minimum absolute atomic E-state index is 0.229. The highest BCUT2D eigenvalue weighted by Gasteiger charge is 2.07. The summed E-state index contributed by atoms with van der Waals surface area (Å²) in [6, 6.07) is 5.63. The predicted molar refractivity (Wildman–Crippen MR) is 89.9 cm³/mol. The van der Waals surface area contributed by atoms with E-state index in [1.165, 1.54) is 17.4 Å². The van der Waals surface area contributed by atoms with Crippen LogP contribution in [0.4, 0.5) is 5.13 Å². The lowest BCUT2D eigenvalue weighted by Gasteiger charge is -1.96. The van der Waals surface area contributed by atoms with E-state index < -0.39 is 0 Å². The van der Waals surface area contributed by atoms with Crippen molar-refractivity contribution in [3.63, 3.8) is 0 Å². The topological polar surface area (TPSA) is 67.8 Å². The summed E-state index contributed by atoms with van der Waals surface area (Å²) in [5, 5.41) is 8.03. The van der Waals surface area contributed by atoms with Crippen LogP contribution >= 0.6 is 22.7 Å². The molecule has 1 N–H and O–H groups in total. The lowest BCUT2D eigenvalue weighted by molar-refractivity contribution is -0.111. The molecule has 0 aliphatic carbocycles. The molecule has 0 fully saturated rings. The number of aryl methyl sites for hydroxylation is 1. The number of aromatic nitrogens is 3. The standard InChI is InChI=1S/C15H12N4OS2/c1-10-17-11(8-21-10)5-6-14(20)19-15-18-13(9-22-15)12-4-2-3-7-16-12/h2-9H,1H3,(H,18,19,20)/b6-5+. The van der Waals surface area contributed by atoms with Crippen molar-refractivity contribution in [1.82, 2.24) is 15.0 Å². The maximum Gasteiger partial charge on any atom is 0.250 e. The molecule has 0 aliphatic heterocycles. The van der Waals surface area contributed by atoms with Crippen molar-refractivity contribution in [3.05, 3.63) is 51.9 Å². The van der Waals surface area contributed by atoms with Crippen molar-refractivity contribution in [2.24, 2.45) is 0 Å². The van der Waals surface area contributed by atoms with Gasteiger partial charge in [0.1, 0.15) is 5.69 Å². The van der Waals surface area contributed by atoms with Crippen molar-refractivity contribution in [3.8, 4) is 11.4 Å². The Hall–Kier alpha value is -2.38. The Morgan fingerprint density at radius 3 is 2.82 bits per heavy atom. The number of hydrogen-bond acceptors (Lipinski definition) is 6. The summed E-state index contributed by atoms with van der Waals surface area (Å²) < 4.78 is 0. The van der Waals surface area contributed by atoms with Gasteiger partial charge in [0.2, 0.25) is 5.91 Å². The fourth-order valence-electron chi connectivity index (χ4n) is 1.73. The summed E-state index contributed by atoms with van der Waals surface area (Å²) in [7, 11) is 0. The van der Waals surface area contributed by atoms with Gasteiger partial charge in [-0.1, -0.05) is 6.07 Å². The number of carbonyl (C=O) groups excluding carboxylic acids is 1. The summed E-state index contributed by atoms with van der Waals surface area (Å²) in [6.07, 6.45) is 4.86. The summed E-state index contributed by atoms with van der Waals surface area (Å²) >= 11 is 2.92. The fourth-order valence-corrected chi connectivity index (χ4v) is 3.02. The van der Waals surface area contributed by atoms with E-state index in [2.05, 4.69) is 20.3 Å². The Morgan fingerprint density at radius 1 is 1.18 bits per heavy atom. The van der Waals surface area contributed by atoms with Crippen molar-refractivity contribution in [2.75, 3.05) is 5.32 Å². The first-order chi connectivity index (χ1) is 10.7. The Kier molecular flexibility index (Phi) is 4.36. The largest absolute Gasteiger partial charge is 0.298 e. The zero-order valence-corrected chi connectivity index (χ0v) is 13.3. The van der Waals surface area contributed by atoms with Gasteiger partial charge in [-0.05, 0) is 25.1 Å². The molecule has 3 rings (SSSR count). The van der Waals surface area contributed by atoms with E-state index >= 15 is 0 Å². The maximum absolute atomic E-state index is 11.9. The number of pyridine rings is 1. The van der Waals surface area contributed by atoms with Crippen molar-refractivity contribution in [2.45, 2.75) is 6.92 Å². The van der Waals surface area contributed by atoms with Crippen LogP contribution in [0.1, 0.15) is 10.7 Å². The van der Waals surface area contributed by atoms with Crippen LogP contribution in [0.2, 0.25) is 0 Å². The molecule has 0 bridgehead atoms. The fraction of sp³-hybridized carbons (Fsp3) is 0.0667. The van der Waals surface area contributed by atoms with Gasteiger partial charge >= 0.3 is 0 Å². The molecule has 1 amide bonds. The maximum atomic E-state index is 11.9. The molecule has 7 heteroatoms. The molecule has 3 aromatic rings. The molecular weight excluding hydrogens is 316 g/mol. The zero-order valence-electron chi connectivity index (χ0n) is 11.7. The highest BCUT2D eigenvalue weighted by atomic mass is 32.1. The molecule has 5 nitrogen and oxygen atoms in total. The van der Waals surface area contributed by atoms with E-state index in [0.29, 0.717) is 5.13 Å². The molecule has 0 atom stereocenters. The minimum atomic E-state index is -0.229. The van der Waals surface area contributed by atoms with Crippen LogP contribution in [0.3, 0.4) is 0 Å². The van der Waals surface area contributed by atoms with Gasteiger partial charge in [-0.25, -0.2) is 9.97 Å². The van der Waals surface area contributed by atoms with E-state index in [-0.39, 0.29) is 5.91 Å². The van der Waals surface area contributed by atoms with E-state index in [1.807, 2.05) is 35.9 Å². The molecule has 3 heterocycles.